The van der Waals surface area contributed by atoms with E-state index < -0.39 is 0 Å². The Labute approximate surface area is 178 Å². The Morgan fingerprint density at radius 2 is 1.33 bits per heavy atom. The van der Waals surface area contributed by atoms with Crippen LogP contribution in [0.5, 0.6) is 28.7 Å². The molecule has 7 heteroatoms. The second-order valence-corrected chi connectivity index (χ2v) is 6.92. The number of nitrogens with zero attached hydrogens (tertiary/aromatic N) is 1. The average molecular weight is 418 g/mol. The van der Waals surface area contributed by atoms with E-state index >= 15 is 0 Å². The van der Waals surface area contributed by atoms with Crippen molar-refractivity contribution < 1.29 is 28.5 Å². The fourth-order valence-corrected chi connectivity index (χ4v) is 3.26. The fraction of sp³-hybridized carbons (Fsp3) is 0.435. The minimum Gasteiger partial charge on any atom is -0.493 e. The summed E-state index contributed by atoms with van der Waals surface area (Å²) in [5.74, 6) is 3.06. The maximum atomic E-state index is 12.7. The summed E-state index contributed by atoms with van der Waals surface area (Å²) in [5, 5.41) is 0. The van der Waals surface area contributed by atoms with Crippen molar-refractivity contribution in [2.75, 3.05) is 42.6 Å². The van der Waals surface area contributed by atoms with Gasteiger partial charge in [0, 0.05) is 20.0 Å². The Balaban J connectivity index is 2.08. The van der Waals surface area contributed by atoms with E-state index in [1.165, 1.54) is 0 Å². The molecular formula is C23H31NO6. The molecule has 2 rings (SSSR count). The zero-order valence-corrected chi connectivity index (χ0v) is 18.8. The summed E-state index contributed by atoms with van der Waals surface area (Å²) in [6.45, 7) is 2.48. The summed E-state index contributed by atoms with van der Waals surface area (Å²) in [6, 6.07) is 7.57. The van der Waals surface area contributed by atoms with Gasteiger partial charge in [-0.2, -0.15) is 0 Å². The maximum Gasteiger partial charge on any atom is 0.222 e. The predicted octanol–water partition coefficient (Wildman–Crippen LogP) is 3.63. The number of carbonyl (C=O) groups excluding carboxylic acids is 1. The van der Waals surface area contributed by atoms with Gasteiger partial charge in [-0.1, -0.05) is 0 Å². The van der Waals surface area contributed by atoms with E-state index in [0.717, 1.165) is 16.7 Å². The highest BCUT2D eigenvalue weighted by atomic mass is 16.5. The number of ether oxygens (including phenoxy) is 5. The van der Waals surface area contributed by atoms with Crippen molar-refractivity contribution in [2.45, 2.75) is 26.3 Å². The minimum atomic E-state index is 0.0398. The van der Waals surface area contributed by atoms with Crippen molar-refractivity contribution in [1.82, 2.24) is 4.90 Å². The topological polar surface area (TPSA) is 66.5 Å². The Morgan fingerprint density at radius 1 is 0.800 bits per heavy atom. The molecule has 30 heavy (non-hydrogen) atoms. The Kier molecular flexibility index (Phi) is 8.21. The molecule has 0 unspecified atom stereocenters. The lowest BCUT2D eigenvalue weighted by molar-refractivity contribution is -0.130. The van der Waals surface area contributed by atoms with Crippen LogP contribution in [0.25, 0.3) is 0 Å². The Morgan fingerprint density at radius 3 is 1.83 bits per heavy atom. The van der Waals surface area contributed by atoms with E-state index in [9.17, 15) is 4.79 Å². The largest absolute Gasteiger partial charge is 0.493 e. The molecule has 1 amide bonds. The standard InChI is InChI=1S/C23H31NO6/c1-15-10-18(26-3)19(27-4)13-17(15)14-24(2)22(25)9-8-16-11-20(28-5)23(30-7)21(12-16)29-6/h10-13H,8-9,14H2,1-7H3. The molecule has 0 spiro atoms. The molecule has 0 aromatic heterocycles. The summed E-state index contributed by atoms with van der Waals surface area (Å²) in [7, 11) is 9.72. The van der Waals surface area contributed by atoms with Gasteiger partial charge in [-0.15, -0.1) is 0 Å². The summed E-state index contributed by atoms with van der Waals surface area (Å²) >= 11 is 0. The molecule has 0 N–H and O–H groups in total. The van der Waals surface area contributed by atoms with E-state index in [1.807, 2.05) is 31.2 Å². The van der Waals surface area contributed by atoms with E-state index in [1.54, 1.807) is 47.5 Å². The normalized spacial score (nSPS) is 10.4. The van der Waals surface area contributed by atoms with E-state index in [-0.39, 0.29) is 5.91 Å². The van der Waals surface area contributed by atoms with E-state index in [0.29, 0.717) is 48.1 Å². The van der Waals surface area contributed by atoms with E-state index in [4.69, 9.17) is 23.7 Å². The first-order chi connectivity index (χ1) is 14.4. The molecule has 7 nitrogen and oxygen atoms in total. The quantitative estimate of drug-likeness (QED) is 0.588. The molecule has 0 saturated carbocycles. The number of amides is 1. The number of methoxy groups -OCH3 is 5. The van der Waals surface area contributed by atoms with Gasteiger partial charge in [0.2, 0.25) is 11.7 Å². The predicted molar refractivity (Wildman–Crippen MR) is 115 cm³/mol. The fourth-order valence-electron chi connectivity index (χ4n) is 3.26. The Hall–Kier alpha value is -3.09. The molecule has 2 aromatic carbocycles. The van der Waals surface area contributed by atoms with Crippen LogP contribution in [0.2, 0.25) is 0 Å². The van der Waals surface area contributed by atoms with Crippen molar-refractivity contribution in [3.05, 3.63) is 41.0 Å². The van der Waals surface area contributed by atoms with Crippen LogP contribution in [0.4, 0.5) is 0 Å². The third kappa shape index (κ3) is 5.28. The molecular weight excluding hydrogens is 386 g/mol. The maximum absolute atomic E-state index is 12.7. The second-order valence-electron chi connectivity index (χ2n) is 6.92. The van der Waals surface area contributed by atoms with Crippen molar-refractivity contribution >= 4 is 5.91 Å². The van der Waals surface area contributed by atoms with Gasteiger partial charge in [0.15, 0.2) is 23.0 Å². The first kappa shape index (κ1) is 23.2. The van der Waals surface area contributed by atoms with Gasteiger partial charge in [-0.25, -0.2) is 0 Å². The number of carbonyl (C=O) groups is 1. The lowest BCUT2D eigenvalue weighted by atomic mass is 10.1. The molecule has 0 atom stereocenters. The first-order valence-electron chi connectivity index (χ1n) is 9.62. The van der Waals surface area contributed by atoms with Gasteiger partial charge in [-0.05, 0) is 54.3 Å². The van der Waals surface area contributed by atoms with Crippen molar-refractivity contribution in [3.8, 4) is 28.7 Å². The zero-order chi connectivity index (χ0) is 22.3. The number of hydrogen-bond acceptors (Lipinski definition) is 6. The third-order valence-electron chi connectivity index (χ3n) is 5.03. The smallest absolute Gasteiger partial charge is 0.222 e. The van der Waals surface area contributed by atoms with Gasteiger partial charge in [-0.3, -0.25) is 4.79 Å². The van der Waals surface area contributed by atoms with Crippen LogP contribution < -0.4 is 23.7 Å². The summed E-state index contributed by atoms with van der Waals surface area (Å²) in [5.41, 5.74) is 2.99. The molecule has 164 valence electrons. The molecule has 0 saturated heterocycles. The molecule has 2 aromatic rings. The summed E-state index contributed by atoms with van der Waals surface area (Å²) in [6.07, 6.45) is 0.923. The molecule has 0 bridgehead atoms. The molecule has 0 heterocycles. The van der Waals surface area contributed by atoms with Gasteiger partial charge >= 0.3 is 0 Å². The number of aryl methyl sites for hydroxylation is 2. The molecule has 0 aliphatic rings. The van der Waals surface area contributed by atoms with Crippen LogP contribution in [-0.2, 0) is 17.8 Å². The van der Waals surface area contributed by atoms with Crippen LogP contribution in [0.15, 0.2) is 24.3 Å². The zero-order valence-electron chi connectivity index (χ0n) is 18.8. The first-order valence-corrected chi connectivity index (χ1v) is 9.62. The van der Waals surface area contributed by atoms with Gasteiger partial charge in [0.05, 0.1) is 35.5 Å². The SMILES string of the molecule is COc1cc(C)c(CN(C)C(=O)CCc2cc(OC)c(OC)c(OC)c2)cc1OC. The van der Waals surface area contributed by atoms with Crippen LogP contribution in [0.3, 0.4) is 0 Å². The monoisotopic (exact) mass is 417 g/mol. The molecule has 0 fully saturated rings. The van der Waals surface area contributed by atoms with Crippen molar-refractivity contribution in [2.24, 2.45) is 0 Å². The molecule has 0 aliphatic heterocycles. The van der Waals surface area contributed by atoms with Gasteiger partial charge in [0.25, 0.3) is 0 Å². The number of rotatable bonds is 10. The summed E-state index contributed by atoms with van der Waals surface area (Å²) in [4.78, 5) is 14.4. The lowest BCUT2D eigenvalue weighted by Gasteiger charge is -2.20. The van der Waals surface area contributed by atoms with Crippen LogP contribution in [-0.4, -0.2) is 53.4 Å². The van der Waals surface area contributed by atoms with Crippen LogP contribution in [0.1, 0.15) is 23.1 Å². The highest BCUT2D eigenvalue weighted by Gasteiger charge is 2.16. The minimum absolute atomic E-state index is 0.0398. The van der Waals surface area contributed by atoms with Crippen LogP contribution in [0, 0.1) is 6.92 Å². The molecule has 0 aliphatic carbocycles. The average Bonchev–Trinajstić information content (AvgIpc) is 2.77. The molecule has 0 radical (unpaired) electrons. The Bertz CT molecular complexity index is 855. The lowest BCUT2D eigenvalue weighted by Crippen LogP contribution is -2.26. The van der Waals surface area contributed by atoms with Crippen LogP contribution >= 0.6 is 0 Å². The summed E-state index contributed by atoms with van der Waals surface area (Å²) < 4.78 is 26.8. The number of hydrogen-bond donors (Lipinski definition) is 0. The third-order valence-corrected chi connectivity index (χ3v) is 5.03. The van der Waals surface area contributed by atoms with Crippen molar-refractivity contribution in [3.63, 3.8) is 0 Å². The van der Waals surface area contributed by atoms with Gasteiger partial charge in [0.1, 0.15) is 0 Å². The number of benzene rings is 2. The van der Waals surface area contributed by atoms with Crippen molar-refractivity contribution in [1.29, 1.82) is 0 Å². The van der Waals surface area contributed by atoms with Gasteiger partial charge < -0.3 is 28.6 Å². The van der Waals surface area contributed by atoms with E-state index in [2.05, 4.69) is 0 Å². The highest BCUT2D eigenvalue weighted by molar-refractivity contribution is 5.76. The highest BCUT2D eigenvalue weighted by Crippen LogP contribution is 2.38. The second kappa shape index (κ2) is 10.6.